The quantitative estimate of drug-likeness (QED) is 0.906. The van der Waals surface area contributed by atoms with E-state index in [1.165, 1.54) is 67.3 Å². The number of hydrogen-bond donors (Lipinski definition) is 1. The fourth-order valence-electron chi connectivity index (χ4n) is 3.67. The molecule has 0 radical (unpaired) electrons. The predicted octanol–water partition coefficient (Wildman–Crippen LogP) is 3.38. The van der Waals surface area contributed by atoms with E-state index < -0.39 is 0 Å². The Morgan fingerprint density at radius 3 is 2.90 bits per heavy atom. The molecule has 1 aliphatic carbocycles. The Morgan fingerprint density at radius 1 is 1.30 bits per heavy atom. The van der Waals surface area contributed by atoms with Crippen LogP contribution >= 0.6 is 15.9 Å². The third-order valence-electron chi connectivity index (χ3n) is 4.65. The topological polar surface area (TPSA) is 15.3 Å². The number of nitrogens with one attached hydrogen (secondary N) is 1. The summed E-state index contributed by atoms with van der Waals surface area (Å²) in [6.07, 6.45) is 6.44. The van der Waals surface area contributed by atoms with Crippen LogP contribution in [0, 0.1) is 0 Å². The minimum atomic E-state index is 0.607. The molecule has 1 aliphatic heterocycles. The SMILES string of the molecule is CC(CN1CCCC1)NC1CCc2cc(Br)ccc2C1. The second-order valence-corrected chi connectivity index (χ2v) is 7.34. The van der Waals surface area contributed by atoms with Gasteiger partial charge in [-0.15, -0.1) is 0 Å². The van der Waals surface area contributed by atoms with E-state index in [2.05, 4.69) is 51.3 Å². The Hall–Kier alpha value is -0.380. The Morgan fingerprint density at radius 2 is 2.10 bits per heavy atom. The average molecular weight is 337 g/mol. The minimum Gasteiger partial charge on any atom is -0.310 e. The predicted molar refractivity (Wildman–Crippen MR) is 88.2 cm³/mol. The fraction of sp³-hybridized carbons (Fsp3) is 0.647. The zero-order chi connectivity index (χ0) is 13.9. The van der Waals surface area contributed by atoms with Crippen LogP contribution in [0.2, 0.25) is 0 Å². The minimum absolute atomic E-state index is 0.607. The van der Waals surface area contributed by atoms with E-state index in [0.29, 0.717) is 12.1 Å². The normalized spacial score (nSPS) is 24.6. The number of likely N-dealkylation sites (tertiary alicyclic amines) is 1. The summed E-state index contributed by atoms with van der Waals surface area (Å²) in [5.41, 5.74) is 3.06. The second-order valence-electron chi connectivity index (χ2n) is 6.43. The number of rotatable bonds is 4. The standard InChI is InChI=1S/C17H25BrN2/c1-13(12-20-8-2-3-9-20)19-17-7-5-14-10-16(18)6-4-15(14)11-17/h4,6,10,13,17,19H,2-3,5,7-9,11-12H2,1H3. The van der Waals surface area contributed by atoms with Gasteiger partial charge in [-0.05, 0) is 75.4 Å². The summed E-state index contributed by atoms with van der Waals surface area (Å²) in [4.78, 5) is 2.60. The zero-order valence-corrected chi connectivity index (χ0v) is 14.0. The molecule has 2 atom stereocenters. The van der Waals surface area contributed by atoms with Crippen molar-refractivity contribution >= 4 is 15.9 Å². The van der Waals surface area contributed by atoms with Crippen molar-refractivity contribution in [1.82, 2.24) is 10.2 Å². The molecule has 1 saturated heterocycles. The van der Waals surface area contributed by atoms with Crippen molar-refractivity contribution in [2.45, 2.75) is 51.1 Å². The molecule has 2 aliphatic rings. The largest absolute Gasteiger partial charge is 0.310 e. The van der Waals surface area contributed by atoms with Crippen LogP contribution < -0.4 is 5.32 Å². The molecule has 1 aromatic rings. The Bertz CT molecular complexity index is 454. The molecule has 1 aromatic carbocycles. The van der Waals surface area contributed by atoms with Crippen LogP contribution in [0.5, 0.6) is 0 Å². The maximum Gasteiger partial charge on any atom is 0.0178 e. The fourth-order valence-corrected chi connectivity index (χ4v) is 4.08. The molecule has 110 valence electrons. The summed E-state index contributed by atoms with van der Waals surface area (Å²) in [6, 6.07) is 8.02. The van der Waals surface area contributed by atoms with E-state index >= 15 is 0 Å². The van der Waals surface area contributed by atoms with Gasteiger partial charge >= 0.3 is 0 Å². The van der Waals surface area contributed by atoms with Crippen molar-refractivity contribution in [1.29, 1.82) is 0 Å². The van der Waals surface area contributed by atoms with Crippen LogP contribution in [0.15, 0.2) is 22.7 Å². The molecule has 20 heavy (non-hydrogen) atoms. The molecule has 1 N–H and O–H groups in total. The van der Waals surface area contributed by atoms with E-state index in [4.69, 9.17) is 0 Å². The van der Waals surface area contributed by atoms with Crippen LogP contribution in [-0.4, -0.2) is 36.6 Å². The Balaban J connectivity index is 1.53. The first-order valence-electron chi connectivity index (χ1n) is 7.96. The van der Waals surface area contributed by atoms with Gasteiger partial charge in [0.2, 0.25) is 0 Å². The van der Waals surface area contributed by atoms with Gasteiger partial charge in [0.25, 0.3) is 0 Å². The maximum atomic E-state index is 3.85. The highest BCUT2D eigenvalue weighted by molar-refractivity contribution is 9.10. The first-order chi connectivity index (χ1) is 9.70. The lowest BCUT2D eigenvalue weighted by Crippen LogP contribution is -2.45. The smallest absolute Gasteiger partial charge is 0.0178 e. The van der Waals surface area contributed by atoms with Gasteiger partial charge in [-0.3, -0.25) is 0 Å². The number of aryl methyl sites for hydroxylation is 1. The second kappa shape index (κ2) is 6.59. The third-order valence-corrected chi connectivity index (χ3v) is 5.14. The summed E-state index contributed by atoms with van der Waals surface area (Å²) in [6.45, 7) is 6.15. The van der Waals surface area contributed by atoms with Crippen molar-refractivity contribution in [2.75, 3.05) is 19.6 Å². The van der Waals surface area contributed by atoms with Gasteiger partial charge in [-0.1, -0.05) is 22.0 Å². The highest BCUT2D eigenvalue weighted by Crippen LogP contribution is 2.25. The molecule has 0 spiro atoms. The summed E-state index contributed by atoms with van der Waals surface area (Å²) < 4.78 is 1.21. The summed E-state index contributed by atoms with van der Waals surface area (Å²) in [5.74, 6) is 0. The van der Waals surface area contributed by atoms with Gasteiger partial charge in [-0.25, -0.2) is 0 Å². The zero-order valence-electron chi connectivity index (χ0n) is 12.4. The number of benzene rings is 1. The monoisotopic (exact) mass is 336 g/mol. The first kappa shape index (κ1) is 14.6. The number of fused-ring (bicyclic) bond motifs is 1. The van der Waals surface area contributed by atoms with E-state index in [1.54, 1.807) is 0 Å². The van der Waals surface area contributed by atoms with Gasteiger partial charge < -0.3 is 10.2 Å². The first-order valence-corrected chi connectivity index (χ1v) is 8.76. The van der Waals surface area contributed by atoms with Gasteiger partial charge in [0.1, 0.15) is 0 Å². The summed E-state index contributed by atoms with van der Waals surface area (Å²) >= 11 is 3.57. The van der Waals surface area contributed by atoms with Crippen LogP contribution in [0.4, 0.5) is 0 Å². The van der Waals surface area contributed by atoms with E-state index in [1.807, 2.05) is 0 Å². The van der Waals surface area contributed by atoms with Gasteiger partial charge in [0.05, 0.1) is 0 Å². The molecule has 0 amide bonds. The Labute approximate surface area is 131 Å². The molecule has 0 bridgehead atoms. The van der Waals surface area contributed by atoms with Crippen molar-refractivity contribution in [3.8, 4) is 0 Å². The molecular formula is C17H25BrN2. The van der Waals surface area contributed by atoms with Crippen LogP contribution in [0.25, 0.3) is 0 Å². The van der Waals surface area contributed by atoms with Crippen molar-refractivity contribution in [2.24, 2.45) is 0 Å². The molecule has 3 rings (SSSR count). The molecule has 0 aromatic heterocycles. The molecule has 2 nitrogen and oxygen atoms in total. The van der Waals surface area contributed by atoms with E-state index in [0.717, 1.165) is 0 Å². The van der Waals surface area contributed by atoms with E-state index in [-0.39, 0.29) is 0 Å². The summed E-state index contributed by atoms with van der Waals surface area (Å²) in [5, 5.41) is 3.85. The van der Waals surface area contributed by atoms with Gasteiger partial charge in [-0.2, -0.15) is 0 Å². The summed E-state index contributed by atoms with van der Waals surface area (Å²) in [7, 11) is 0. The highest BCUT2D eigenvalue weighted by Gasteiger charge is 2.21. The van der Waals surface area contributed by atoms with Gasteiger partial charge in [0.15, 0.2) is 0 Å². The van der Waals surface area contributed by atoms with Gasteiger partial charge in [0, 0.05) is 23.1 Å². The third kappa shape index (κ3) is 3.63. The average Bonchev–Trinajstić information content (AvgIpc) is 2.91. The van der Waals surface area contributed by atoms with Crippen molar-refractivity contribution < 1.29 is 0 Å². The van der Waals surface area contributed by atoms with E-state index in [9.17, 15) is 0 Å². The number of halogens is 1. The lowest BCUT2D eigenvalue weighted by Gasteiger charge is -2.30. The molecule has 1 fully saturated rings. The molecule has 1 heterocycles. The lowest BCUT2D eigenvalue weighted by molar-refractivity contribution is 0.279. The molecule has 2 unspecified atom stereocenters. The number of hydrogen-bond acceptors (Lipinski definition) is 2. The molecule has 3 heteroatoms. The number of nitrogens with zero attached hydrogens (tertiary/aromatic N) is 1. The molecule has 0 saturated carbocycles. The van der Waals surface area contributed by atoms with Crippen molar-refractivity contribution in [3.63, 3.8) is 0 Å². The van der Waals surface area contributed by atoms with Crippen LogP contribution in [-0.2, 0) is 12.8 Å². The maximum absolute atomic E-state index is 3.85. The Kier molecular flexibility index (Phi) is 4.79. The van der Waals surface area contributed by atoms with Crippen molar-refractivity contribution in [3.05, 3.63) is 33.8 Å². The van der Waals surface area contributed by atoms with Crippen LogP contribution in [0.3, 0.4) is 0 Å². The van der Waals surface area contributed by atoms with Crippen LogP contribution in [0.1, 0.15) is 37.3 Å². The lowest BCUT2D eigenvalue weighted by atomic mass is 9.88. The highest BCUT2D eigenvalue weighted by atomic mass is 79.9. The molecular weight excluding hydrogens is 312 g/mol.